The number of aliphatic hydroxyl groups excluding tert-OH is 1. The van der Waals surface area contributed by atoms with Gasteiger partial charge in [0.2, 0.25) is 17.7 Å². The summed E-state index contributed by atoms with van der Waals surface area (Å²) in [5.41, 5.74) is 5.25. The molecule has 13 heteroatoms. The Morgan fingerprint density at radius 3 is 2.08 bits per heavy atom. The average molecular weight is 394 g/mol. The molecule has 26 heavy (non-hydrogen) atoms. The highest BCUT2D eigenvalue weighted by atomic mass is 32.1. The molecule has 0 heterocycles. The summed E-state index contributed by atoms with van der Waals surface area (Å²) >= 11 is 3.78. The van der Waals surface area contributed by atoms with E-state index in [1.807, 2.05) is 0 Å². The van der Waals surface area contributed by atoms with Crippen LogP contribution in [-0.2, 0) is 24.0 Å². The summed E-state index contributed by atoms with van der Waals surface area (Å²) in [7, 11) is 0. The van der Waals surface area contributed by atoms with Crippen molar-refractivity contribution in [2.24, 2.45) is 5.73 Å². The fourth-order valence-electron chi connectivity index (χ4n) is 1.62. The topological polar surface area (TPSA) is 208 Å². The smallest absolute Gasteiger partial charge is 0.327 e. The van der Waals surface area contributed by atoms with Crippen molar-refractivity contribution >= 4 is 42.3 Å². The molecule has 3 unspecified atom stereocenters. The molecule has 0 aliphatic carbocycles. The van der Waals surface area contributed by atoms with Gasteiger partial charge in [-0.15, -0.1) is 0 Å². The van der Waals surface area contributed by atoms with E-state index in [4.69, 9.17) is 21.1 Å². The lowest BCUT2D eigenvalue weighted by Crippen LogP contribution is -2.54. The fraction of sp³-hybridized carbons (Fsp3) is 0.615. The van der Waals surface area contributed by atoms with Gasteiger partial charge in [-0.25, -0.2) is 4.79 Å². The zero-order valence-electron chi connectivity index (χ0n) is 13.7. The standard InChI is InChI=1S/C13H22N4O8S/c14-6(4-18)11(22)15-3-9(19)16-7(1-2-10(20)21)12(23)17-8(5-26)13(24)25/h6-8,18,26H,1-5,14H2,(H,15,22)(H,16,19)(H,17,23)(H,20,21)(H,24,25). The molecule has 0 aliphatic heterocycles. The van der Waals surface area contributed by atoms with Crippen LogP contribution >= 0.6 is 12.6 Å². The number of thiol groups is 1. The van der Waals surface area contributed by atoms with Crippen LogP contribution in [0.3, 0.4) is 0 Å². The summed E-state index contributed by atoms with van der Waals surface area (Å²) < 4.78 is 0. The zero-order chi connectivity index (χ0) is 20.3. The van der Waals surface area contributed by atoms with Crippen molar-refractivity contribution in [3.05, 3.63) is 0 Å². The van der Waals surface area contributed by atoms with Gasteiger partial charge in [-0.3, -0.25) is 19.2 Å². The van der Waals surface area contributed by atoms with Gasteiger partial charge >= 0.3 is 11.9 Å². The first-order valence-corrected chi connectivity index (χ1v) is 8.04. The van der Waals surface area contributed by atoms with Crippen LogP contribution in [0.15, 0.2) is 0 Å². The Morgan fingerprint density at radius 2 is 1.62 bits per heavy atom. The van der Waals surface area contributed by atoms with Crippen LogP contribution < -0.4 is 21.7 Å². The molecule has 0 spiro atoms. The van der Waals surface area contributed by atoms with Gasteiger partial charge in [-0.05, 0) is 6.42 Å². The Bertz CT molecular complexity index is 544. The third-order valence-electron chi connectivity index (χ3n) is 3.05. The SMILES string of the molecule is NC(CO)C(=O)NCC(=O)NC(CCC(=O)O)C(=O)NC(CS)C(=O)O. The number of hydrogen-bond donors (Lipinski definition) is 8. The van der Waals surface area contributed by atoms with Crippen LogP contribution in [0.2, 0.25) is 0 Å². The predicted octanol–water partition coefficient (Wildman–Crippen LogP) is -3.73. The largest absolute Gasteiger partial charge is 0.481 e. The molecule has 0 aromatic carbocycles. The molecule has 148 valence electrons. The molecule has 3 amide bonds. The Kier molecular flexibility index (Phi) is 10.9. The maximum absolute atomic E-state index is 12.1. The summed E-state index contributed by atoms with van der Waals surface area (Å²) in [5, 5.41) is 32.8. The molecule has 12 nitrogen and oxygen atoms in total. The van der Waals surface area contributed by atoms with E-state index in [2.05, 4.69) is 28.6 Å². The molecule has 3 atom stereocenters. The summed E-state index contributed by atoms with van der Waals surface area (Å²) in [6.07, 6.45) is -0.755. The molecular weight excluding hydrogens is 372 g/mol. The number of hydrogen-bond acceptors (Lipinski definition) is 8. The molecular formula is C13H22N4O8S. The minimum absolute atomic E-state index is 0.213. The highest BCUT2D eigenvalue weighted by Gasteiger charge is 2.26. The summed E-state index contributed by atoms with van der Waals surface area (Å²) in [4.78, 5) is 56.9. The lowest BCUT2D eigenvalue weighted by molar-refractivity contribution is -0.142. The number of nitrogens with two attached hydrogens (primary N) is 1. The van der Waals surface area contributed by atoms with Gasteiger partial charge in [-0.1, -0.05) is 0 Å². The van der Waals surface area contributed by atoms with E-state index in [1.165, 1.54) is 0 Å². The number of aliphatic carboxylic acids is 2. The highest BCUT2D eigenvalue weighted by molar-refractivity contribution is 7.80. The minimum atomic E-state index is -1.35. The van der Waals surface area contributed by atoms with E-state index < -0.39 is 67.4 Å². The maximum Gasteiger partial charge on any atom is 0.327 e. The lowest BCUT2D eigenvalue weighted by Gasteiger charge is -2.20. The van der Waals surface area contributed by atoms with E-state index in [0.717, 1.165) is 0 Å². The van der Waals surface area contributed by atoms with Crippen LogP contribution in [-0.4, -0.2) is 82.0 Å². The van der Waals surface area contributed by atoms with Crippen molar-refractivity contribution < 1.29 is 39.3 Å². The Labute approximate surface area is 153 Å². The third kappa shape index (κ3) is 9.19. The lowest BCUT2D eigenvalue weighted by atomic mass is 10.1. The zero-order valence-corrected chi connectivity index (χ0v) is 14.6. The first-order valence-electron chi connectivity index (χ1n) is 7.41. The molecule has 0 bridgehead atoms. The second kappa shape index (κ2) is 12.1. The van der Waals surface area contributed by atoms with E-state index >= 15 is 0 Å². The normalized spacial score (nSPS) is 13.8. The van der Waals surface area contributed by atoms with Crippen LogP contribution in [0.5, 0.6) is 0 Å². The van der Waals surface area contributed by atoms with Gasteiger partial charge < -0.3 is 37.0 Å². The fourth-order valence-corrected chi connectivity index (χ4v) is 1.87. The monoisotopic (exact) mass is 394 g/mol. The van der Waals surface area contributed by atoms with E-state index in [1.54, 1.807) is 0 Å². The van der Waals surface area contributed by atoms with Crippen LogP contribution in [0, 0.1) is 0 Å². The van der Waals surface area contributed by atoms with Gasteiger partial charge in [-0.2, -0.15) is 12.6 Å². The second-order valence-electron chi connectivity index (χ2n) is 5.14. The third-order valence-corrected chi connectivity index (χ3v) is 3.42. The van der Waals surface area contributed by atoms with Crippen LogP contribution in [0.4, 0.5) is 0 Å². The van der Waals surface area contributed by atoms with Gasteiger partial charge in [0.1, 0.15) is 18.1 Å². The molecule has 0 fully saturated rings. The van der Waals surface area contributed by atoms with Crippen molar-refractivity contribution in [3.63, 3.8) is 0 Å². The van der Waals surface area contributed by atoms with Gasteiger partial charge in [0.25, 0.3) is 0 Å². The molecule has 8 N–H and O–H groups in total. The molecule has 0 radical (unpaired) electrons. The molecule has 0 aliphatic rings. The summed E-state index contributed by atoms with van der Waals surface area (Å²) in [5.74, 6) is -5.30. The van der Waals surface area contributed by atoms with Crippen LogP contribution in [0.1, 0.15) is 12.8 Å². The van der Waals surface area contributed by atoms with Crippen molar-refractivity contribution in [1.82, 2.24) is 16.0 Å². The first kappa shape index (κ1) is 23.6. The predicted molar refractivity (Wildman–Crippen MR) is 90.3 cm³/mol. The molecule has 0 aromatic rings. The number of amides is 3. The van der Waals surface area contributed by atoms with Crippen LogP contribution in [0.25, 0.3) is 0 Å². The number of aliphatic hydroxyl groups is 1. The van der Waals surface area contributed by atoms with Crippen molar-refractivity contribution in [2.75, 3.05) is 18.9 Å². The second-order valence-corrected chi connectivity index (χ2v) is 5.51. The average Bonchev–Trinajstić information content (AvgIpc) is 2.59. The molecule has 0 saturated carbocycles. The van der Waals surface area contributed by atoms with E-state index in [-0.39, 0.29) is 12.2 Å². The maximum atomic E-state index is 12.1. The first-order chi connectivity index (χ1) is 12.1. The Morgan fingerprint density at radius 1 is 1.00 bits per heavy atom. The number of nitrogens with one attached hydrogen (secondary N) is 3. The Balaban J connectivity index is 4.83. The molecule has 0 rings (SSSR count). The minimum Gasteiger partial charge on any atom is -0.481 e. The quantitative estimate of drug-likeness (QED) is 0.153. The number of carboxylic acids is 2. The number of carbonyl (C=O) groups is 5. The van der Waals surface area contributed by atoms with E-state index in [0.29, 0.717) is 0 Å². The van der Waals surface area contributed by atoms with E-state index in [9.17, 15) is 24.0 Å². The van der Waals surface area contributed by atoms with Gasteiger partial charge in [0, 0.05) is 12.2 Å². The van der Waals surface area contributed by atoms with Crippen molar-refractivity contribution in [3.8, 4) is 0 Å². The van der Waals surface area contributed by atoms with Crippen molar-refractivity contribution in [1.29, 1.82) is 0 Å². The highest BCUT2D eigenvalue weighted by Crippen LogP contribution is 2.00. The van der Waals surface area contributed by atoms with Gasteiger partial charge in [0.15, 0.2) is 0 Å². The number of rotatable bonds is 12. The molecule has 0 aromatic heterocycles. The number of carbonyl (C=O) groups excluding carboxylic acids is 3. The Hall–Kier alpha value is -2.38. The summed E-state index contributed by atoms with van der Waals surface area (Å²) in [6.45, 7) is -1.20. The van der Waals surface area contributed by atoms with Crippen molar-refractivity contribution in [2.45, 2.75) is 31.0 Å². The summed E-state index contributed by atoms with van der Waals surface area (Å²) in [6, 6.07) is -3.87. The molecule has 0 saturated heterocycles. The number of carboxylic acid groups (broad SMARTS) is 2. The van der Waals surface area contributed by atoms with Gasteiger partial charge in [0.05, 0.1) is 13.2 Å².